The van der Waals surface area contributed by atoms with E-state index in [1.807, 2.05) is 24.4 Å². The van der Waals surface area contributed by atoms with Crippen molar-refractivity contribution in [3.8, 4) is 0 Å². The Bertz CT molecular complexity index is 378. The van der Waals surface area contributed by atoms with Crippen LogP contribution in [-0.4, -0.2) is 12.1 Å². The first-order valence-corrected chi connectivity index (χ1v) is 3.84. The SMILES string of the molecule is CO[CH]c1c[nH]c2ccccc12. The molecule has 0 unspecified atom stereocenters. The third-order valence-electron chi connectivity index (χ3n) is 1.87. The van der Waals surface area contributed by atoms with E-state index in [1.165, 1.54) is 5.39 Å². The molecule has 0 aliphatic rings. The Balaban J connectivity index is 2.55. The van der Waals surface area contributed by atoms with Crippen LogP contribution in [0.4, 0.5) is 0 Å². The maximum Gasteiger partial charge on any atom is 0.115 e. The van der Waals surface area contributed by atoms with E-state index >= 15 is 0 Å². The van der Waals surface area contributed by atoms with Gasteiger partial charge in [-0.3, -0.25) is 0 Å². The molecule has 0 aliphatic heterocycles. The van der Waals surface area contributed by atoms with Gasteiger partial charge in [-0.1, -0.05) is 18.2 Å². The summed E-state index contributed by atoms with van der Waals surface area (Å²) >= 11 is 0. The molecule has 0 bridgehead atoms. The van der Waals surface area contributed by atoms with Crippen LogP contribution in [0.2, 0.25) is 0 Å². The Morgan fingerprint density at radius 3 is 3.00 bits per heavy atom. The number of para-hydroxylation sites is 1. The highest BCUT2D eigenvalue weighted by Crippen LogP contribution is 2.18. The van der Waals surface area contributed by atoms with Gasteiger partial charge in [0.05, 0.1) is 0 Å². The van der Waals surface area contributed by atoms with Gasteiger partial charge in [0.2, 0.25) is 0 Å². The quantitative estimate of drug-likeness (QED) is 0.716. The molecule has 1 heterocycles. The molecule has 12 heavy (non-hydrogen) atoms. The van der Waals surface area contributed by atoms with Crippen molar-refractivity contribution < 1.29 is 4.74 Å². The lowest BCUT2D eigenvalue weighted by Gasteiger charge is -1.94. The van der Waals surface area contributed by atoms with Crippen LogP contribution in [0.1, 0.15) is 5.56 Å². The monoisotopic (exact) mass is 160 g/mol. The van der Waals surface area contributed by atoms with Gasteiger partial charge < -0.3 is 9.72 Å². The summed E-state index contributed by atoms with van der Waals surface area (Å²) in [6, 6.07) is 8.14. The van der Waals surface area contributed by atoms with E-state index in [0.717, 1.165) is 11.1 Å². The molecule has 0 atom stereocenters. The normalized spacial score (nSPS) is 10.8. The molecule has 0 amide bonds. The van der Waals surface area contributed by atoms with Gasteiger partial charge in [0.1, 0.15) is 6.61 Å². The van der Waals surface area contributed by atoms with Crippen molar-refractivity contribution in [3.05, 3.63) is 42.6 Å². The third kappa shape index (κ3) is 1.10. The van der Waals surface area contributed by atoms with E-state index in [9.17, 15) is 0 Å². The Morgan fingerprint density at radius 2 is 2.17 bits per heavy atom. The van der Waals surface area contributed by atoms with Gasteiger partial charge in [-0.15, -0.1) is 0 Å². The molecule has 2 nitrogen and oxygen atoms in total. The van der Waals surface area contributed by atoms with Gasteiger partial charge >= 0.3 is 0 Å². The second-order valence-corrected chi connectivity index (χ2v) is 2.64. The average molecular weight is 160 g/mol. The minimum absolute atomic E-state index is 1.09. The van der Waals surface area contributed by atoms with Gasteiger partial charge in [-0.25, -0.2) is 0 Å². The fourth-order valence-corrected chi connectivity index (χ4v) is 1.32. The van der Waals surface area contributed by atoms with E-state index in [0.29, 0.717) is 0 Å². The average Bonchev–Trinajstić information content (AvgIpc) is 2.50. The highest BCUT2D eigenvalue weighted by molar-refractivity contribution is 5.83. The van der Waals surface area contributed by atoms with Crippen LogP contribution in [0.25, 0.3) is 10.9 Å². The zero-order valence-corrected chi connectivity index (χ0v) is 6.87. The predicted molar refractivity (Wildman–Crippen MR) is 48.7 cm³/mol. The molecule has 0 saturated carbocycles. The van der Waals surface area contributed by atoms with Crippen molar-refractivity contribution >= 4 is 10.9 Å². The second-order valence-electron chi connectivity index (χ2n) is 2.64. The molecule has 1 aromatic carbocycles. The van der Waals surface area contributed by atoms with Gasteiger partial charge in [0.25, 0.3) is 0 Å². The number of aromatic nitrogens is 1. The Kier molecular flexibility index (Phi) is 1.84. The molecule has 0 aliphatic carbocycles. The largest absolute Gasteiger partial charge is 0.374 e. The molecule has 1 N–H and O–H groups in total. The molecule has 0 spiro atoms. The van der Waals surface area contributed by atoms with Crippen LogP contribution in [0.3, 0.4) is 0 Å². The van der Waals surface area contributed by atoms with Crippen molar-refractivity contribution in [1.29, 1.82) is 0 Å². The van der Waals surface area contributed by atoms with Crippen molar-refractivity contribution in [2.45, 2.75) is 0 Å². The van der Waals surface area contributed by atoms with Crippen LogP contribution < -0.4 is 0 Å². The van der Waals surface area contributed by atoms with E-state index in [4.69, 9.17) is 4.74 Å². The molecule has 61 valence electrons. The number of methoxy groups -OCH3 is 1. The molecular weight excluding hydrogens is 150 g/mol. The molecule has 1 aromatic heterocycles. The van der Waals surface area contributed by atoms with Crippen LogP contribution in [0.5, 0.6) is 0 Å². The highest BCUT2D eigenvalue weighted by atomic mass is 16.5. The Hall–Kier alpha value is -1.28. The standard InChI is InChI=1S/C10H10NO/c1-12-7-8-6-11-10-5-3-2-4-9(8)10/h2-7,11H,1H3. The fourth-order valence-electron chi connectivity index (χ4n) is 1.32. The van der Waals surface area contributed by atoms with Crippen molar-refractivity contribution in [2.75, 3.05) is 7.11 Å². The molecule has 2 aromatic rings. The van der Waals surface area contributed by atoms with Gasteiger partial charge in [0.15, 0.2) is 0 Å². The first-order valence-electron chi connectivity index (χ1n) is 3.84. The maximum atomic E-state index is 4.95. The third-order valence-corrected chi connectivity index (χ3v) is 1.87. The van der Waals surface area contributed by atoms with Crippen LogP contribution in [-0.2, 0) is 4.74 Å². The number of benzene rings is 1. The molecule has 0 fully saturated rings. The van der Waals surface area contributed by atoms with Crippen LogP contribution >= 0.6 is 0 Å². The second kappa shape index (κ2) is 2.99. The van der Waals surface area contributed by atoms with Gasteiger partial charge in [-0.2, -0.15) is 0 Å². The van der Waals surface area contributed by atoms with E-state index < -0.39 is 0 Å². The minimum Gasteiger partial charge on any atom is -0.374 e. The Morgan fingerprint density at radius 1 is 1.33 bits per heavy atom. The van der Waals surface area contributed by atoms with Crippen molar-refractivity contribution in [3.63, 3.8) is 0 Å². The number of hydrogen-bond acceptors (Lipinski definition) is 1. The van der Waals surface area contributed by atoms with E-state index in [2.05, 4.69) is 11.1 Å². The summed E-state index contributed by atoms with van der Waals surface area (Å²) in [5, 5.41) is 1.19. The van der Waals surface area contributed by atoms with Crippen LogP contribution in [0, 0.1) is 6.61 Å². The predicted octanol–water partition coefficient (Wildman–Crippen LogP) is 2.32. The zero-order valence-electron chi connectivity index (χ0n) is 6.87. The molecule has 1 radical (unpaired) electrons. The van der Waals surface area contributed by atoms with Crippen molar-refractivity contribution in [1.82, 2.24) is 4.98 Å². The lowest BCUT2D eigenvalue weighted by Crippen LogP contribution is -1.80. The molecule has 2 heteroatoms. The summed E-state index contributed by atoms with van der Waals surface area (Å²) in [6.07, 6.45) is 1.94. The summed E-state index contributed by atoms with van der Waals surface area (Å²) < 4.78 is 4.95. The molecule has 2 rings (SSSR count). The van der Waals surface area contributed by atoms with E-state index in [-0.39, 0.29) is 0 Å². The number of aromatic amines is 1. The highest BCUT2D eigenvalue weighted by Gasteiger charge is 2.00. The summed E-state index contributed by atoms with van der Waals surface area (Å²) in [6.45, 7) is 1.73. The van der Waals surface area contributed by atoms with Gasteiger partial charge in [0, 0.05) is 29.8 Å². The van der Waals surface area contributed by atoms with Crippen LogP contribution in [0.15, 0.2) is 30.5 Å². The number of nitrogens with one attached hydrogen (secondary N) is 1. The number of rotatable bonds is 2. The van der Waals surface area contributed by atoms with Crippen molar-refractivity contribution in [2.24, 2.45) is 0 Å². The number of ether oxygens (including phenoxy) is 1. The molecular formula is C10H10NO. The summed E-state index contributed by atoms with van der Waals surface area (Å²) in [4.78, 5) is 3.16. The molecule has 0 saturated heterocycles. The first kappa shape index (κ1) is 7.37. The lowest BCUT2D eigenvalue weighted by atomic mass is 10.2. The maximum absolute atomic E-state index is 4.95. The fraction of sp³-hybridized carbons (Fsp3) is 0.100. The minimum atomic E-state index is 1.09. The van der Waals surface area contributed by atoms with Gasteiger partial charge in [-0.05, 0) is 6.07 Å². The summed E-state index contributed by atoms with van der Waals surface area (Å²) in [5.74, 6) is 0. The zero-order chi connectivity index (χ0) is 8.39. The number of hydrogen-bond donors (Lipinski definition) is 1. The smallest absolute Gasteiger partial charge is 0.115 e. The Labute approximate surface area is 71.2 Å². The number of H-pyrrole nitrogens is 1. The topological polar surface area (TPSA) is 25.0 Å². The number of fused-ring (bicyclic) bond motifs is 1. The van der Waals surface area contributed by atoms with E-state index in [1.54, 1.807) is 13.7 Å². The summed E-state index contributed by atoms with van der Waals surface area (Å²) in [7, 11) is 1.65. The summed E-state index contributed by atoms with van der Waals surface area (Å²) in [5.41, 5.74) is 2.23. The lowest BCUT2D eigenvalue weighted by molar-refractivity contribution is 0.293. The first-order chi connectivity index (χ1) is 5.92.